The molecule has 0 saturated carbocycles. The van der Waals surface area contributed by atoms with Gasteiger partial charge in [-0.15, -0.1) is 0 Å². The van der Waals surface area contributed by atoms with Crippen LogP contribution in [0.2, 0.25) is 0 Å². The molecule has 0 bridgehead atoms. The van der Waals surface area contributed by atoms with Gasteiger partial charge in [-0.3, -0.25) is 0 Å². The fourth-order valence-corrected chi connectivity index (χ4v) is 1.21. The van der Waals surface area contributed by atoms with Crippen molar-refractivity contribution in [2.45, 2.75) is 26.8 Å². The molecule has 15 heavy (non-hydrogen) atoms. The zero-order valence-corrected chi connectivity index (χ0v) is 9.46. The Hall–Kier alpha value is -1.75. The highest BCUT2D eigenvalue weighted by Gasteiger charge is 2.03. The van der Waals surface area contributed by atoms with Crippen LogP contribution >= 0.6 is 0 Å². The van der Waals surface area contributed by atoms with Crippen LogP contribution in [0.25, 0.3) is 0 Å². The Kier molecular flexibility index (Phi) is 3.51. The van der Waals surface area contributed by atoms with Crippen LogP contribution in [0.1, 0.15) is 25.0 Å². The smallest absolute Gasteiger partial charge is 0.0995 e. The molecule has 0 amide bonds. The molecule has 2 nitrogen and oxygen atoms in total. The minimum atomic E-state index is 0.222. The zero-order chi connectivity index (χ0) is 11.4. The van der Waals surface area contributed by atoms with E-state index in [9.17, 15) is 0 Å². The summed E-state index contributed by atoms with van der Waals surface area (Å²) in [6.07, 6.45) is 0. The predicted octanol–water partition coefficient (Wildman–Crippen LogP) is 3.24. The molecule has 0 aromatic heterocycles. The van der Waals surface area contributed by atoms with Crippen molar-refractivity contribution in [2.24, 2.45) is 0 Å². The highest BCUT2D eigenvalue weighted by molar-refractivity contribution is 5.53. The third-order valence-electron chi connectivity index (χ3n) is 2.48. The lowest BCUT2D eigenvalue weighted by molar-refractivity contribution is 0.929. The fourth-order valence-electron chi connectivity index (χ4n) is 1.21. The van der Waals surface area contributed by atoms with E-state index < -0.39 is 0 Å². The average Bonchev–Trinajstić information content (AvgIpc) is 2.20. The van der Waals surface area contributed by atoms with Gasteiger partial charge >= 0.3 is 0 Å². The van der Waals surface area contributed by atoms with Crippen molar-refractivity contribution in [2.75, 3.05) is 5.32 Å². The number of anilines is 1. The minimum Gasteiger partial charge on any atom is -0.379 e. The van der Waals surface area contributed by atoms with E-state index in [1.165, 1.54) is 0 Å². The van der Waals surface area contributed by atoms with E-state index >= 15 is 0 Å². The van der Waals surface area contributed by atoms with Gasteiger partial charge in [-0.05, 0) is 38.5 Å². The van der Waals surface area contributed by atoms with E-state index in [4.69, 9.17) is 5.26 Å². The summed E-state index contributed by atoms with van der Waals surface area (Å²) in [7, 11) is 0. The molecule has 0 aliphatic heterocycles. The van der Waals surface area contributed by atoms with E-state index in [0.29, 0.717) is 5.56 Å². The standard InChI is InChI=1S/C13H16N2/c1-9(2)11(4)15-13-6-5-10(3)12(7-13)8-14/h5-7,11,15H,1H2,2-4H3. The maximum absolute atomic E-state index is 8.89. The van der Waals surface area contributed by atoms with Crippen LogP contribution in [0, 0.1) is 18.3 Å². The van der Waals surface area contributed by atoms with Gasteiger partial charge in [0.2, 0.25) is 0 Å². The topological polar surface area (TPSA) is 35.8 Å². The first-order chi connectivity index (χ1) is 7.04. The molecule has 1 unspecified atom stereocenters. The average molecular weight is 200 g/mol. The van der Waals surface area contributed by atoms with Crippen LogP contribution in [0.15, 0.2) is 30.4 Å². The molecule has 0 spiro atoms. The van der Waals surface area contributed by atoms with Crippen LogP contribution in [-0.4, -0.2) is 6.04 Å². The molecule has 1 N–H and O–H groups in total. The van der Waals surface area contributed by atoms with Gasteiger partial charge in [0.1, 0.15) is 0 Å². The Morgan fingerprint density at radius 3 is 2.73 bits per heavy atom. The largest absolute Gasteiger partial charge is 0.379 e. The number of aryl methyl sites for hydroxylation is 1. The number of nitriles is 1. The third-order valence-corrected chi connectivity index (χ3v) is 2.48. The van der Waals surface area contributed by atoms with Crippen molar-refractivity contribution < 1.29 is 0 Å². The van der Waals surface area contributed by atoms with Gasteiger partial charge in [0, 0.05) is 11.7 Å². The molecule has 1 atom stereocenters. The summed E-state index contributed by atoms with van der Waals surface area (Å²) in [6, 6.07) is 8.20. The van der Waals surface area contributed by atoms with Crippen LogP contribution in [-0.2, 0) is 0 Å². The summed E-state index contributed by atoms with van der Waals surface area (Å²) in [4.78, 5) is 0. The molecule has 0 aliphatic rings. The summed E-state index contributed by atoms with van der Waals surface area (Å²) < 4.78 is 0. The molecule has 0 fully saturated rings. The van der Waals surface area contributed by atoms with Gasteiger partial charge in [0.25, 0.3) is 0 Å². The number of nitrogens with zero attached hydrogens (tertiary/aromatic N) is 1. The second kappa shape index (κ2) is 4.65. The number of hydrogen-bond acceptors (Lipinski definition) is 2. The summed E-state index contributed by atoms with van der Waals surface area (Å²) >= 11 is 0. The van der Waals surface area contributed by atoms with E-state index in [1.807, 2.05) is 39.0 Å². The summed E-state index contributed by atoms with van der Waals surface area (Å²) in [5.74, 6) is 0. The van der Waals surface area contributed by atoms with Gasteiger partial charge in [0.15, 0.2) is 0 Å². The molecular formula is C13H16N2. The monoisotopic (exact) mass is 200 g/mol. The van der Waals surface area contributed by atoms with Gasteiger partial charge < -0.3 is 5.32 Å². The molecule has 0 heterocycles. The van der Waals surface area contributed by atoms with Crippen LogP contribution in [0.5, 0.6) is 0 Å². The van der Waals surface area contributed by atoms with Crippen LogP contribution in [0.4, 0.5) is 5.69 Å². The number of hydrogen-bond donors (Lipinski definition) is 1. The molecule has 1 aromatic carbocycles. The summed E-state index contributed by atoms with van der Waals surface area (Å²) in [5, 5.41) is 12.2. The summed E-state index contributed by atoms with van der Waals surface area (Å²) in [5.41, 5.74) is 3.77. The first-order valence-corrected chi connectivity index (χ1v) is 4.97. The molecular weight excluding hydrogens is 184 g/mol. The molecule has 0 radical (unpaired) electrons. The Morgan fingerprint density at radius 2 is 2.20 bits per heavy atom. The fraction of sp³-hybridized carbons (Fsp3) is 0.308. The van der Waals surface area contributed by atoms with Crippen LogP contribution in [0.3, 0.4) is 0 Å². The van der Waals surface area contributed by atoms with Crippen LogP contribution < -0.4 is 5.32 Å². The third kappa shape index (κ3) is 2.85. The maximum Gasteiger partial charge on any atom is 0.0995 e. The van der Waals surface area contributed by atoms with E-state index in [2.05, 4.69) is 18.0 Å². The van der Waals surface area contributed by atoms with Gasteiger partial charge in [-0.1, -0.05) is 18.2 Å². The molecule has 1 aromatic rings. The molecule has 2 heteroatoms. The first-order valence-electron chi connectivity index (χ1n) is 4.97. The SMILES string of the molecule is C=C(C)C(C)Nc1ccc(C)c(C#N)c1. The summed E-state index contributed by atoms with van der Waals surface area (Å²) in [6.45, 7) is 9.85. The Bertz CT molecular complexity index is 413. The molecule has 0 saturated heterocycles. The molecule has 78 valence electrons. The minimum absolute atomic E-state index is 0.222. The van der Waals surface area contributed by atoms with Gasteiger partial charge in [0.05, 0.1) is 11.6 Å². The van der Waals surface area contributed by atoms with Gasteiger partial charge in [-0.2, -0.15) is 5.26 Å². The normalized spacial score (nSPS) is 11.6. The maximum atomic E-state index is 8.89. The van der Waals surface area contributed by atoms with Crippen molar-refractivity contribution in [3.05, 3.63) is 41.5 Å². The lowest BCUT2D eigenvalue weighted by Crippen LogP contribution is -2.15. The van der Waals surface area contributed by atoms with E-state index in [-0.39, 0.29) is 6.04 Å². The van der Waals surface area contributed by atoms with Crippen molar-refractivity contribution in [1.29, 1.82) is 5.26 Å². The second-order valence-electron chi connectivity index (χ2n) is 3.85. The van der Waals surface area contributed by atoms with Crippen molar-refractivity contribution >= 4 is 5.69 Å². The zero-order valence-electron chi connectivity index (χ0n) is 9.46. The number of nitrogens with one attached hydrogen (secondary N) is 1. The quantitative estimate of drug-likeness (QED) is 0.760. The molecule has 0 aliphatic carbocycles. The van der Waals surface area contributed by atoms with E-state index in [1.54, 1.807) is 0 Å². The van der Waals surface area contributed by atoms with Gasteiger partial charge in [-0.25, -0.2) is 0 Å². The highest BCUT2D eigenvalue weighted by atomic mass is 14.9. The Balaban J connectivity index is 2.89. The van der Waals surface area contributed by atoms with Crippen molar-refractivity contribution in [3.8, 4) is 6.07 Å². The lowest BCUT2D eigenvalue weighted by atomic mass is 10.1. The first kappa shape index (κ1) is 11.3. The number of benzene rings is 1. The highest BCUT2D eigenvalue weighted by Crippen LogP contribution is 2.16. The Morgan fingerprint density at radius 1 is 1.53 bits per heavy atom. The van der Waals surface area contributed by atoms with Crippen molar-refractivity contribution in [1.82, 2.24) is 0 Å². The lowest BCUT2D eigenvalue weighted by Gasteiger charge is -2.15. The Labute approximate surface area is 91.2 Å². The second-order valence-corrected chi connectivity index (χ2v) is 3.85. The van der Waals surface area contributed by atoms with E-state index in [0.717, 1.165) is 16.8 Å². The number of rotatable bonds is 3. The molecule has 1 rings (SSSR count). The predicted molar refractivity (Wildman–Crippen MR) is 63.8 cm³/mol. The van der Waals surface area contributed by atoms with Crippen molar-refractivity contribution in [3.63, 3.8) is 0 Å².